The highest BCUT2D eigenvalue weighted by molar-refractivity contribution is 7.15. The minimum Gasteiger partial charge on any atom is -0.376 e. The summed E-state index contributed by atoms with van der Waals surface area (Å²) in [6, 6.07) is 0. The van der Waals surface area contributed by atoms with Crippen LogP contribution < -0.4 is 4.90 Å². The van der Waals surface area contributed by atoms with Crippen molar-refractivity contribution < 1.29 is 9.53 Å². The van der Waals surface area contributed by atoms with Gasteiger partial charge in [0, 0.05) is 38.7 Å². The van der Waals surface area contributed by atoms with E-state index in [1.807, 2.05) is 6.92 Å². The lowest BCUT2D eigenvalue weighted by Crippen LogP contribution is -2.53. The first kappa shape index (κ1) is 14.4. The third-order valence-electron chi connectivity index (χ3n) is 5.12. The van der Waals surface area contributed by atoms with E-state index in [0.717, 1.165) is 62.2 Å². The number of nitrogens with zero attached hydrogens (tertiary/aromatic N) is 4. The van der Waals surface area contributed by atoms with Gasteiger partial charge in [0.25, 0.3) is 0 Å². The summed E-state index contributed by atoms with van der Waals surface area (Å²) in [6.07, 6.45) is 3.46. The van der Waals surface area contributed by atoms with Gasteiger partial charge >= 0.3 is 0 Å². The summed E-state index contributed by atoms with van der Waals surface area (Å²) in [6.45, 7) is 6.18. The average molecular weight is 322 g/mol. The van der Waals surface area contributed by atoms with Crippen LogP contribution in [0.2, 0.25) is 0 Å². The van der Waals surface area contributed by atoms with E-state index in [9.17, 15) is 4.79 Å². The van der Waals surface area contributed by atoms with Gasteiger partial charge in [-0.25, -0.2) is 0 Å². The Kier molecular flexibility index (Phi) is 3.78. The molecule has 0 unspecified atom stereocenters. The summed E-state index contributed by atoms with van der Waals surface area (Å²) in [5.74, 6) is 0.742. The molecule has 0 spiro atoms. The maximum atomic E-state index is 12.9. The van der Waals surface area contributed by atoms with E-state index in [2.05, 4.69) is 20.0 Å². The molecule has 120 valence electrons. The zero-order valence-electron chi connectivity index (χ0n) is 12.9. The molecule has 3 atom stereocenters. The summed E-state index contributed by atoms with van der Waals surface area (Å²) >= 11 is 1.60. The van der Waals surface area contributed by atoms with E-state index < -0.39 is 0 Å². The number of amides is 1. The zero-order chi connectivity index (χ0) is 15.1. The first-order valence-corrected chi connectivity index (χ1v) is 8.99. The minimum atomic E-state index is 0.0450. The van der Waals surface area contributed by atoms with Gasteiger partial charge in [-0.1, -0.05) is 11.3 Å². The molecular formula is C15H22N4O2S. The van der Waals surface area contributed by atoms with Crippen molar-refractivity contribution in [3.05, 3.63) is 5.01 Å². The highest BCUT2D eigenvalue weighted by atomic mass is 32.1. The standard InChI is InChI=1S/C15H22N4O2S/c1-10-16-17-15(22-10)19-8-12(11-4-7-21-13(11)9-19)14(20)18-5-2-3-6-18/h11-13H,2-9H2,1H3/t11-,12-,13+/m0/s1. The van der Waals surface area contributed by atoms with Gasteiger partial charge in [0.2, 0.25) is 11.0 Å². The van der Waals surface area contributed by atoms with Gasteiger partial charge in [0.15, 0.2) is 0 Å². The number of piperidine rings is 1. The normalized spacial score (nSPS) is 31.6. The molecule has 0 radical (unpaired) electrons. The largest absolute Gasteiger partial charge is 0.376 e. The molecule has 6 nitrogen and oxygen atoms in total. The van der Waals surface area contributed by atoms with Crippen LogP contribution in [0.1, 0.15) is 24.3 Å². The second-order valence-corrected chi connectivity index (χ2v) is 7.67. The smallest absolute Gasteiger partial charge is 0.227 e. The molecule has 4 rings (SSSR count). The summed E-state index contributed by atoms with van der Waals surface area (Å²) < 4.78 is 5.90. The lowest BCUT2D eigenvalue weighted by atomic mass is 9.82. The molecular weight excluding hydrogens is 300 g/mol. The molecule has 0 aliphatic carbocycles. The summed E-state index contributed by atoms with van der Waals surface area (Å²) in [5.41, 5.74) is 0. The summed E-state index contributed by atoms with van der Waals surface area (Å²) in [7, 11) is 0. The first-order chi connectivity index (χ1) is 10.7. The van der Waals surface area contributed by atoms with Gasteiger partial charge < -0.3 is 14.5 Å². The maximum Gasteiger partial charge on any atom is 0.227 e. The molecule has 3 aliphatic heterocycles. The van der Waals surface area contributed by atoms with Crippen LogP contribution in [-0.2, 0) is 9.53 Å². The number of fused-ring (bicyclic) bond motifs is 1. The Morgan fingerprint density at radius 3 is 2.82 bits per heavy atom. The monoisotopic (exact) mass is 322 g/mol. The molecule has 22 heavy (non-hydrogen) atoms. The average Bonchev–Trinajstić information content (AvgIpc) is 3.26. The predicted octanol–water partition coefficient (Wildman–Crippen LogP) is 1.31. The van der Waals surface area contributed by atoms with Crippen LogP contribution in [0.15, 0.2) is 0 Å². The van der Waals surface area contributed by atoms with E-state index in [1.54, 1.807) is 11.3 Å². The predicted molar refractivity (Wildman–Crippen MR) is 84.0 cm³/mol. The Balaban J connectivity index is 1.56. The number of hydrogen-bond acceptors (Lipinski definition) is 6. The molecule has 7 heteroatoms. The number of carbonyl (C=O) groups excluding carboxylic acids is 1. The highest BCUT2D eigenvalue weighted by Crippen LogP contribution is 2.37. The fourth-order valence-electron chi connectivity index (χ4n) is 3.98. The molecule has 1 amide bonds. The van der Waals surface area contributed by atoms with Crippen molar-refractivity contribution in [3.8, 4) is 0 Å². The van der Waals surface area contributed by atoms with E-state index in [0.29, 0.717) is 11.8 Å². The van der Waals surface area contributed by atoms with Crippen molar-refractivity contribution >= 4 is 22.4 Å². The first-order valence-electron chi connectivity index (χ1n) is 8.18. The van der Waals surface area contributed by atoms with Gasteiger partial charge in [-0.3, -0.25) is 4.79 Å². The molecule has 3 saturated heterocycles. The van der Waals surface area contributed by atoms with Crippen molar-refractivity contribution in [3.63, 3.8) is 0 Å². The zero-order valence-corrected chi connectivity index (χ0v) is 13.7. The van der Waals surface area contributed by atoms with Crippen LogP contribution in [0.4, 0.5) is 5.13 Å². The molecule has 3 aliphatic rings. The van der Waals surface area contributed by atoms with Gasteiger partial charge in [0.05, 0.1) is 12.0 Å². The summed E-state index contributed by atoms with van der Waals surface area (Å²) in [4.78, 5) is 17.2. The third kappa shape index (κ3) is 2.50. The van der Waals surface area contributed by atoms with Crippen molar-refractivity contribution in [2.24, 2.45) is 11.8 Å². The number of anilines is 1. The van der Waals surface area contributed by atoms with Crippen LogP contribution in [0.5, 0.6) is 0 Å². The number of aryl methyl sites for hydroxylation is 1. The number of likely N-dealkylation sites (tertiary alicyclic amines) is 1. The lowest BCUT2D eigenvalue weighted by molar-refractivity contribution is -0.137. The maximum absolute atomic E-state index is 12.9. The Morgan fingerprint density at radius 2 is 2.09 bits per heavy atom. The van der Waals surface area contributed by atoms with E-state index in [4.69, 9.17) is 4.74 Å². The van der Waals surface area contributed by atoms with Crippen molar-refractivity contribution in [1.82, 2.24) is 15.1 Å². The van der Waals surface area contributed by atoms with E-state index in [1.165, 1.54) is 0 Å². The molecule has 0 saturated carbocycles. The Labute approximate surface area is 134 Å². The lowest BCUT2D eigenvalue weighted by Gasteiger charge is -2.40. The second kappa shape index (κ2) is 5.77. The van der Waals surface area contributed by atoms with E-state index >= 15 is 0 Å². The number of hydrogen-bond donors (Lipinski definition) is 0. The molecule has 1 aromatic rings. The number of ether oxygens (including phenoxy) is 1. The van der Waals surface area contributed by atoms with Gasteiger partial charge in [-0.15, -0.1) is 10.2 Å². The Bertz CT molecular complexity index is 557. The Hall–Kier alpha value is -1.21. The number of rotatable bonds is 2. The van der Waals surface area contributed by atoms with Crippen molar-refractivity contribution in [2.75, 3.05) is 37.7 Å². The van der Waals surface area contributed by atoms with Gasteiger partial charge in [-0.2, -0.15) is 0 Å². The second-order valence-electron chi connectivity index (χ2n) is 6.51. The van der Waals surface area contributed by atoms with Crippen LogP contribution in [0, 0.1) is 18.8 Å². The van der Waals surface area contributed by atoms with Crippen molar-refractivity contribution in [1.29, 1.82) is 0 Å². The molecule has 4 heterocycles. The molecule has 0 aromatic carbocycles. The quantitative estimate of drug-likeness (QED) is 0.822. The van der Waals surface area contributed by atoms with Crippen LogP contribution in [-0.4, -0.2) is 59.9 Å². The molecule has 0 bridgehead atoms. The van der Waals surface area contributed by atoms with Crippen LogP contribution in [0.3, 0.4) is 0 Å². The van der Waals surface area contributed by atoms with Crippen LogP contribution >= 0.6 is 11.3 Å². The van der Waals surface area contributed by atoms with Gasteiger partial charge in [0.1, 0.15) is 5.01 Å². The SMILES string of the molecule is Cc1nnc(N2C[C@H](C(=O)N3CCCC3)[C@@H]3CCO[C@@H]3C2)s1. The number of carbonyl (C=O) groups is 1. The number of aromatic nitrogens is 2. The molecule has 0 N–H and O–H groups in total. The third-order valence-corrected chi connectivity index (χ3v) is 6.02. The molecule has 3 fully saturated rings. The summed E-state index contributed by atoms with van der Waals surface area (Å²) in [5, 5.41) is 10.3. The fourth-order valence-corrected chi connectivity index (χ4v) is 4.69. The minimum absolute atomic E-state index is 0.0450. The van der Waals surface area contributed by atoms with Crippen LogP contribution in [0.25, 0.3) is 0 Å². The fraction of sp³-hybridized carbons (Fsp3) is 0.800. The topological polar surface area (TPSA) is 58.6 Å². The van der Waals surface area contributed by atoms with Crippen molar-refractivity contribution in [2.45, 2.75) is 32.3 Å². The molecule has 1 aromatic heterocycles. The highest BCUT2D eigenvalue weighted by Gasteiger charge is 2.46. The van der Waals surface area contributed by atoms with Gasteiger partial charge in [-0.05, 0) is 26.2 Å². The van der Waals surface area contributed by atoms with E-state index in [-0.39, 0.29) is 12.0 Å². The Morgan fingerprint density at radius 1 is 1.27 bits per heavy atom.